The molecule has 0 spiro atoms. The number of ether oxygens (including phenoxy) is 1. The number of para-hydroxylation sites is 1. The summed E-state index contributed by atoms with van der Waals surface area (Å²) in [5.74, 6) is 0.146. The highest BCUT2D eigenvalue weighted by Crippen LogP contribution is 2.42. The second-order valence-corrected chi connectivity index (χ2v) is 8.41. The maximum absolute atomic E-state index is 12.6. The van der Waals surface area contributed by atoms with Gasteiger partial charge >= 0.3 is 5.97 Å². The average Bonchev–Trinajstić information content (AvgIpc) is 2.67. The standard InChI is InChI=1S/C23H17Br2NO2/c1-3-14-5-4-6-19-18-10-8-17(11-15(18)13-26(2)22(14)19)28-23(27)20-9-7-16(24)12-21(20)25/h3-12H,1,13H2,2H3. The molecule has 140 valence electrons. The lowest BCUT2D eigenvalue weighted by Crippen LogP contribution is -2.22. The van der Waals surface area contributed by atoms with E-state index in [1.54, 1.807) is 6.07 Å². The number of hydrogen-bond donors (Lipinski definition) is 0. The zero-order chi connectivity index (χ0) is 19.8. The van der Waals surface area contributed by atoms with E-state index in [0.717, 1.165) is 33.3 Å². The molecular weight excluding hydrogens is 482 g/mol. The Hall–Kier alpha value is -2.37. The fraction of sp³-hybridized carbons (Fsp3) is 0.0870. The fourth-order valence-electron chi connectivity index (χ4n) is 3.55. The molecule has 1 aliphatic heterocycles. The van der Waals surface area contributed by atoms with Crippen LogP contribution >= 0.6 is 31.9 Å². The van der Waals surface area contributed by atoms with Gasteiger partial charge in [-0.15, -0.1) is 0 Å². The van der Waals surface area contributed by atoms with Gasteiger partial charge in [-0.25, -0.2) is 4.79 Å². The van der Waals surface area contributed by atoms with Crippen molar-refractivity contribution < 1.29 is 9.53 Å². The molecule has 0 fully saturated rings. The molecule has 0 saturated heterocycles. The maximum Gasteiger partial charge on any atom is 0.344 e. The summed E-state index contributed by atoms with van der Waals surface area (Å²) in [5.41, 5.74) is 6.21. The molecule has 28 heavy (non-hydrogen) atoms. The third kappa shape index (κ3) is 3.40. The van der Waals surface area contributed by atoms with Crippen LogP contribution in [0.2, 0.25) is 0 Å². The molecule has 4 rings (SSSR count). The summed E-state index contributed by atoms with van der Waals surface area (Å²) in [6, 6.07) is 17.4. The molecule has 0 saturated carbocycles. The Balaban J connectivity index is 1.67. The zero-order valence-electron chi connectivity index (χ0n) is 15.2. The highest BCUT2D eigenvalue weighted by molar-refractivity contribution is 9.11. The highest BCUT2D eigenvalue weighted by atomic mass is 79.9. The normalized spacial score (nSPS) is 12.2. The maximum atomic E-state index is 12.6. The monoisotopic (exact) mass is 497 g/mol. The quantitative estimate of drug-likeness (QED) is 0.297. The van der Waals surface area contributed by atoms with E-state index in [9.17, 15) is 4.79 Å². The summed E-state index contributed by atoms with van der Waals surface area (Å²) >= 11 is 6.80. The van der Waals surface area contributed by atoms with Gasteiger partial charge in [-0.3, -0.25) is 0 Å². The number of anilines is 1. The van der Waals surface area contributed by atoms with Crippen LogP contribution in [0.1, 0.15) is 21.5 Å². The average molecular weight is 499 g/mol. The van der Waals surface area contributed by atoms with Crippen molar-refractivity contribution in [3.63, 3.8) is 0 Å². The van der Waals surface area contributed by atoms with Crippen molar-refractivity contribution in [3.8, 4) is 16.9 Å². The largest absolute Gasteiger partial charge is 0.423 e. The molecule has 3 aromatic carbocycles. The van der Waals surface area contributed by atoms with Crippen molar-refractivity contribution in [2.45, 2.75) is 6.54 Å². The topological polar surface area (TPSA) is 29.5 Å². The molecule has 1 heterocycles. The number of carbonyl (C=O) groups excluding carboxylic acids is 1. The predicted octanol–water partition coefficient (Wildman–Crippen LogP) is 6.69. The van der Waals surface area contributed by atoms with Crippen LogP contribution in [0, 0.1) is 0 Å². The van der Waals surface area contributed by atoms with Gasteiger partial charge in [0.25, 0.3) is 0 Å². The predicted molar refractivity (Wildman–Crippen MR) is 121 cm³/mol. The number of esters is 1. The smallest absolute Gasteiger partial charge is 0.344 e. The van der Waals surface area contributed by atoms with E-state index in [2.05, 4.69) is 62.5 Å². The van der Waals surface area contributed by atoms with Gasteiger partial charge in [-0.2, -0.15) is 0 Å². The second-order valence-electron chi connectivity index (χ2n) is 6.64. The molecular formula is C23H17Br2NO2. The molecule has 0 radical (unpaired) electrons. The molecule has 0 N–H and O–H groups in total. The van der Waals surface area contributed by atoms with Gasteiger partial charge < -0.3 is 9.64 Å². The summed E-state index contributed by atoms with van der Waals surface area (Å²) in [5, 5.41) is 0. The summed E-state index contributed by atoms with van der Waals surface area (Å²) in [4.78, 5) is 14.8. The highest BCUT2D eigenvalue weighted by Gasteiger charge is 2.22. The number of nitrogens with zero attached hydrogens (tertiary/aromatic N) is 1. The van der Waals surface area contributed by atoms with Crippen LogP contribution in [0.25, 0.3) is 17.2 Å². The molecule has 3 aromatic rings. The van der Waals surface area contributed by atoms with E-state index < -0.39 is 5.97 Å². The van der Waals surface area contributed by atoms with Gasteiger partial charge in [0.05, 0.1) is 11.3 Å². The Morgan fingerprint density at radius 1 is 1.11 bits per heavy atom. The van der Waals surface area contributed by atoms with Crippen molar-refractivity contribution in [3.05, 3.63) is 86.8 Å². The Bertz CT molecular complexity index is 1110. The number of fused-ring (bicyclic) bond motifs is 3. The number of hydrogen-bond acceptors (Lipinski definition) is 3. The third-order valence-corrected chi connectivity index (χ3v) is 5.95. The molecule has 0 amide bonds. The van der Waals surface area contributed by atoms with Crippen LogP contribution in [-0.4, -0.2) is 13.0 Å². The first-order valence-electron chi connectivity index (χ1n) is 8.75. The lowest BCUT2D eigenvalue weighted by atomic mass is 9.91. The van der Waals surface area contributed by atoms with E-state index >= 15 is 0 Å². The van der Waals surface area contributed by atoms with E-state index in [0.29, 0.717) is 15.8 Å². The van der Waals surface area contributed by atoms with Crippen LogP contribution in [-0.2, 0) is 6.54 Å². The Morgan fingerprint density at radius 3 is 2.68 bits per heavy atom. The number of benzene rings is 3. The van der Waals surface area contributed by atoms with E-state index in [1.165, 1.54) is 5.69 Å². The second kappa shape index (κ2) is 7.57. The van der Waals surface area contributed by atoms with Crippen molar-refractivity contribution in [2.75, 3.05) is 11.9 Å². The number of rotatable bonds is 3. The van der Waals surface area contributed by atoms with E-state index in [1.807, 2.05) is 42.5 Å². The lowest BCUT2D eigenvalue weighted by Gasteiger charge is -2.31. The molecule has 0 bridgehead atoms. The summed E-state index contributed by atoms with van der Waals surface area (Å²) in [7, 11) is 2.06. The van der Waals surface area contributed by atoms with Gasteiger partial charge in [0, 0.05) is 28.1 Å². The van der Waals surface area contributed by atoms with Gasteiger partial charge in [0.15, 0.2) is 0 Å². The summed E-state index contributed by atoms with van der Waals surface area (Å²) in [6.45, 7) is 4.66. The van der Waals surface area contributed by atoms with Gasteiger partial charge in [0.1, 0.15) is 5.75 Å². The Labute approximate surface area is 180 Å². The van der Waals surface area contributed by atoms with Crippen molar-refractivity contribution in [1.29, 1.82) is 0 Å². The lowest BCUT2D eigenvalue weighted by molar-refractivity contribution is 0.0733. The summed E-state index contributed by atoms with van der Waals surface area (Å²) in [6.07, 6.45) is 1.88. The molecule has 0 unspecified atom stereocenters. The molecule has 0 aromatic heterocycles. The van der Waals surface area contributed by atoms with Gasteiger partial charge in [-0.05, 0) is 63.0 Å². The van der Waals surface area contributed by atoms with Crippen molar-refractivity contribution in [2.24, 2.45) is 0 Å². The first-order chi connectivity index (χ1) is 13.5. The fourth-order valence-corrected chi connectivity index (χ4v) is 4.76. The van der Waals surface area contributed by atoms with E-state index in [4.69, 9.17) is 4.74 Å². The van der Waals surface area contributed by atoms with E-state index in [-0.39, 0.29) is 0 Å². The minimum Gasteiger partial charge on any atom is -0.423 e. The number of halogens is 2. The van der Waals surface area contributed by atoms with Crippen LogP contribution < -0.4 is 9.64 Å². The Morgan fingerprint density at radius 2 is 1.93 bits per heavy atom. The minimum absolute atomic E-state index is 0.391. The molecule has 3 nitrogen and oxygen atoms in total. The first-order valence-corrected chi connectivity index (χ1v) is 10.3. The molecule has 0 atom stereocenters. The minimum atomic E-state index is -0.391. The molecule has 5 heteroatoms. The third-order valence-electron chi connectivity index (χ3n) is 4.80. The van der Waals surface area contributed by atoms with Gasteiger partial charge in [-0.1, -0.05) is 52.9 Å². The van der Waals surface area contributed by atoms with Crippen molar-refractivity contribution in [1.82, 2.24) is 0 Å². The van der Waals surface area contributed by atoms with Crippen LogP contribution in [0.15, 0.2) is 70.1 Å². The first kappa shape index (κ1) is 19.0. The van der Waals surface area contributed by atoms with Crippen molar-refractivity contribution >= 4 is 49.6 Å². The molecule has 0 aliphatic carbocycles. The summed E-state index contributed by atoms with van der Waals surface area (Å²) < 4.78 is 7.22. The Kier molecular flexibility index (Phi) is 5.13. The van der Waals surface area contributed by atoms with Crippen LogP contribution in [0.3, 0.4) is 0 Å². The van der Waals surface area contributed by atoms with Crippen LogP contribution in [0.5, 0.6) is 5.75 Å². The van der Waals surface area contributed by atoms with Crippen LogP contribution in [0.4, 0.5) is 5.69 Å². The SMILES string of the molecule is C=Cc1cccc2c1N(C)Cc1cc(OC(=O)c3ccc(Br)cc3Br)ccc1-2. The zero-order valence-corrected chi connectivity index (χ0v) is 18.4. The molecule has 1 aliphatic rings. The number of carbonyl (C=O) groups is 1. The van der Waals surface area contributed by atoms with Gasteiger partial charge in [0.2, 0.25) is 0 Å².